The van der Waals surface area contributed by atoms with Crippen molar-refractivity contribution in [3.05, 3.63) is 105 Å². The molecule has 184 valence electrons. The Morgan fingerprint density at radius 1 is 1.00 bits per heavy atom. The Morgan fingerprint density at radius 3 is 2.47 bits per heavy atom. The number of hydrogen-bond donors (Lipinski definition) is 1. The first-order chi connectivity index (χ1) is 17.2. The van der Waals surface area contributed by atoms with Gasteiger partial charge in [-0.3, -0.25) is 14.7 Å². The molecule has 1 aliphatic rings. The Hall–Kier alpha value is -3.92. The van der Waals surface area contributed by atoms with E-state index < -0.39 is 23.4 Å². The van der Waals surface area contributed by atoms with E-state index in [1.165, 1.54) is 12.1 Å². The first-order valence-electron chi connectivity index (χ1n) is 11.1. The number of benzene rings is 2. The zero-order chi connectivity index (χ0) is 25.4. The first kappa shape index (κ1) is 23.8. The molecule has 0 unspecified atom stereocenters. The number of fused-ring (bicyclic) bond motifs is 1. The van der Waals surface area contributed by atoms with Crippen LogP contribution in [0.4, 0.5) is 22.0 Å². The molecule has 0 saturated heterocycles. The van der Waals surface area contributed by atoms with E-state index in [9.17, 15) is 26.7 Å². The van der Waals surface area contributed by atoms with Crippen molar-refractivity contribution in [3.63, 3.8) is 0 Å². The quantitative estimate of drug-likeness (QED) is 0.385. The van der Waals surface area contributed by atoms with Crippen LogP contribution in [-0.2, 0) is 25.7 Å². The Bertz CT molecular complexity index is 1460. The molecule has 1 N–H and O–H groups in total. The summed E-state index contributed by atoms with van der Waals surface area (Å²) < 4.78 is 66.0. The van der Waals surface area contributed by atoms with Gasteiger partial charge in [0.1, 0.15) is 17.5 Å². The van der Waals surface area contributed by atoms with Gasteiger partial charge >= 0.3 is 6.18 Å². The smallest absolute Gasteiger partial charge is 0.306 e. The number of aromatic nitrogens is 3. The van der Waals surface area contributed by atoms with Crippen molar-refractivity contribution in [2.45, 2.75) is 25.7 Å². The predicted molar refractivity (Wildman–Crippen MR) is 123 cm³/mol. The number of rotatable bonds is 4. The van der Waals surface area contributed by atoms with Gasteiger partial charge < -0.3 is 4.98 Å². The van der Waals surface area contributed by atoms with Crippen molar-refractivity contribution in [2.24, 2.45) is 0 Å². The number of H-pyrrole nitrogens is 1. The van der Waals surface area contributed by atoms with Crippen LogP contribution in [0, 0.1) is 11.6 Å². The van der Waals surface area contributed by atoms with Crippen molar-refractivity contribution < 1.29 is 22.0 Å². The lowest BCUT2D eigenvalue weighted by atomic mass is 10.0. The lowest BCUT2D eigenvalue weighted by molar-refractivity contribution is -0.137. The van der Waals surface area contributed by atoms with E-state index in [2.05, 4.69) is 15.0 Å². The molecule has 0 fully saturated rings. The van der Waals surface area contributed by atoms with E-state index in [1.54, 1.807) is 18.3 Å². The molecule has 0 spiro atoms. The van der Waals surface area contributed by atoms with Crippen molar-refractivity contribution in [3.8, 4) is 22.6 Å². The number of nitrogens with one attached hydrogen (secondary N) is 1. The summed E-state index contributed by atoms with van der Waals surface area (Å²) in [6.07, 6.45) is -2.36. The summed E-state index contributed by atoms with van der Waals surface area (Å²) in [5.41, 5.74) is 1.63. The number of alkyl halides is 3. The molecule has 10 heteroatoms. The topological polar surface area (TPSA) is 61.9 Å². The summed E-state index contributed by atoms with van der Waals surface area (Å²) in [6.45, 7) is 1.43. The molecular weight excluding hydrogens is 479 g/mol. The van der Waals surface area contributed by atoms with E-state index in [4.69, 9.17) is 0 Å². The van der Waals surface area contributed by atoms with Gasteiger partial charge in [-0.2, -0.15) is 13.2 Å². The second-order valence-electron chi connectivity index (χ2n) is 8.55. The molecule has 0 radical (unpaired) electrons. The summed E-state index contributed by atoms with van der Waals surface area (Å²) in [6, 6.07) is 11.1. The SMILES string of the molecule is O=c1[nH]c(-c2ccc(C(F)(F)F)cc2)nc2c1CN(Cc1ccc(-c3cc(F)ccc3F)nc1)CC2. The van der Waals surface area contributed by atoms with Gasteiger partial charge in [0.25, 0.3) is 5.56 Å². The molecule has 0 atom stereocenters. The van der Waals surface area contributed by atoms with Crippen molar-refractivity contribution in [2.75, 3.05) is 6.54 Å². The Morgan fingerprint density at radius 2 is 1.78 bits per heavy atom. The molecular formula is C26H19F5N4O. The predicted octanol–water partition coefficient (Wildman–Crippen LogP) is 5.35. The van der Waals surface area contributed by atoms with E-state index in [0.29, 0.717) is 48.6 Å². The maximum Gasteiger partial charge on any atom is 0.416 e. The Balaban J connectivity index is 1.30. The molecule has 5 nitrogen and oxygen atoms in total. The summed E-state index contributed by atoms with van der Waals surface area (Å²) in [7, 11) is 0. The van der Waals surface area contributed by atoms with E-state index in [1.807, 2.05) is 4.90 Å². The fourth-order valence-corrected chi connectivity index (χ4v) is 4.20. The van der Waals surface area contributed by atoms with Crippen LogP contribution in [0.2, 0.25) is 0 Å². The van der Waals surface area contributed by atoms with Crippen LogP contribution >= 0.6 is 0 Å². The summed E-state index contributed by atoms with van der Waals surface area (Å²) in [5.74, 6) is -0.887. The highest BCUT2D eigenvalue weighted by molar-refractivity contribution is 5.60. The Kier molecular flexibility index (Phi) is 6.13. The fraction of sp³-hybridized carbons (Fsp3) is 0.192. The lowest BCUT2D eigenvalue weighted by Crippen LogP contribution is -2.35. The number of nitrogens with zero attached hydrogens (tertiary/aromatic N) is 3. The molecule has 2 aromatic carbocycles. The largest absolute Gasteiger partial charge is 0.416 e. The third-order valence-electron chi connectivity index (χ3n) is 6.07. The average molecular weight is 498 g/mol. The zero-order valence-electron chi connectivity index (χ0n) is 18.7. The lowest BCUT2D eigenvalue weighted by Gasteiger charge is -2.27. The Labute approximate surface area is 202 Å². The molecule has 4 aromatic rings. The third kappa shape index (κ3) is 4.90. The summed E-state index contributed by atoms with van der Waals surface area (Å²) in [4.78, 5) is 26.2. The van der Waals surface area contributed by atoms with Crippen molar-refractivity contribution in [1.82, 2.24) is 19.9 Å². The second kappa shape index (κ2) is 9.27. The number of hydrogen-bond acceptors (Lipinski definition) is 4. The maximum atomic E-state index is 14.0. The molecule has 0 amide bonds. The van der Waals surface area contributed by atoms with Gasteiger partial charge in [0, 0.05) is 43.4 Å². The molecule has 36 heavy (non-hydrogen) atoms. The first-order valence-corrected chi connectivity index (χ1v) is 11.1. The molecule has 5 rings (SSSR count). The van der Waals surface area contributed by atoms with Gasteiger partial charge in [-0.25, -0.2) is 13.8 Å². The summed E-state index contributed by atoms with van der Waals surface area (Å²) >= 11 is 0. The minimum atomic E-state index is -4.44. The second-order valence-corrected chi connectivity index (χ2v) is 8.55. The van der Waals surface area contributed by atoms with Gasteiger partial charge in [-0.05, 0) is 42.0 Å². The van der Waals surface area contributed by atoms with Crippen LogP contribution in [-0.4, -0.2) is 26.4 Å². The molecule has 2 aromatic heterocycles. The monoisotopic (exact) mass is 498 g/mol. The standard InChI is InChI=1S/C26H19F5N4O/c27-18-6-7-21(28)19(11-18)22-8-1-15(12-32-22)13-35-10-9-23-20(14-35)25(36)34-24(33-23)16-2-4-17(5-3-16)26(29,30)31/h1-8,11-12H,9-10,13-14H2,(H,33,34,36). The molecule has 3 heterocycles. The number of aromatic amines is 1. The van der Waals surface area contributed by atoms with Crippen molar-refractivity contribution >= 4 is 0 Å². The molecule has 1 aliphatic heterocycles. The van der Waals surface area contributed by atoms with Gasteiger partial charge in [0.2, 0.25) is 0 Å². The minimum Gasteiger partial charge on any atom is -0.306 e. The fourth-order valence-electron chi connectivity index (χ4n) is 4.20. The van der Waals surface area contributed by atoms with Gasteiger partial charge in [-0.1, -0.05) is 18.2 Å². The van der Waals surface area contributed by atoms with E-state index in [-0.39, 0.29) is 16.9 Å². The molecule has 0 saturated carbocycles. The van der Waals surface area contributed by atoms with Crippen LogP contribution in [0.3, 0.4) is 0 Å². The van der Waals surface area contributed by atoms with Crippen LogP contribution in [0.1, 0.15) is 22.4 Å². The molecule has 0 aliphatic carbocycles. The van der Waals surface area contributed by atoms with E-state index >= 15 is 0 Å². The summed E-state index contributed by atoms with van der Waals surface area (Å²) in [5, 5.41) is 0. The zero-order valence-corrected chi connectivity index (χ0v) is 18.7. The van der Waals surface area contributed by atoms with Crippen LogP contribution in [0.5, 0.6) is 0 Å². The normalized spacial score (nSPS) is 14.0. The van der Waals surface area contributed by atoms with Gasteiger partial charge in [-0.15, -0.1) is 0 Å². The van der Waals surface area contributed by atoms with Gasteiger partial charge in [0.15, 0.2) is 0 Å². The van der Waals surface area contributed by atoms with Crippen LogP contribution in [0.15, 0.2) is 65.6 Å². The maximum absolute atomic E-state index is 14.0. The van der Waals surface area contributed by atoms with Crippen LogP contribution < -0.4 is 5.56 Å². The van der Waals surface area contributed by atoms with Crippen LogP contribution in [0.25, 0.3) is 22.6 Å². The van der Waals surface area contributed by atoms with Gasteiger partial charge in [0.05, 0.1) is 22.5 Å². The highest BCUT2D eigenvalue weighted by Crippen LogP contribution is 2.30. The third-order valence-corrected chi connectivity index (χ3v) is 6.07. The molecule has 0 bridgehead atoms. The highest BCUT2D eigenvalue weighted by atomic mass is 19.4. The van der Waals surface area contributed by atoms with E-state index in [0.717, 1.165) is 35.9 Å². The minimum absolute atomic E-state index is 0.0786. The highest BCUT2D eigenvalue weighted by Gasteiger charge is 2.30. The number of halogens is 5. The average Bonchev–Trinajstić information content (AvgIpc) is 2.86. The van der Waals surface area contributed by atoms with Crippen molar-refractivity contribution in [1.29, 1.82) is 0 Å². The number of pyridine rings is 1.